The predicted molar refractivity (Wildman–Crippen MR) is 81.4 cm³/mol. The van der Waals surface area contributed by atoms with Gasteiger partial charge in [0, 0.05) is 20.3 Å². The van der Waals surface area contributed by atoms with Crippen LogP contribution in [-0.4, -0.2) is 26.4 Å². The second-order valence-electron chi connectivity index (χ2n) is 6.14. The first-order valence-electron chi connectivity index (χ1n) is 7.94. The van der Waals surface area contributed by atoms with Crippen LogP contribution >= 0.6 is 0 Å². The minimum Gasteiger partial charge on any atom is -0.381 e. The summed E-state index contributed by atoms with van der Waals surface area (Å²) in [5, 5.41) is 0. The van der Waals surface area contributed by atoms with Crippen LogP contribution in [0.5, 0.6) is 0 Å². The quantitative estimate of drug-likeness (QED) is 0.569. The van der Waals surface area contributed by atoms with Crippen LogP contribution in [0.25, 0.3) is 0 Å². The Bertz CT molecular complexity index is 244. The summed E-state index contributed by atoms with van der Waals surface area (Å²) in [4.78, 5) is 0. The average Bonchev–Trinajstić information content (AvgIpc) is 2.43. The van der Waals surface area contributed by atoms with Crippen molar-refractivity contribution in [2.75, 3.05) is 20.3 Å². The highest BCUT2D eigenvalue weighted by molar-refractivity contribution is 4.99. The van der Waals surface area contributed by atoms with E-state index in [4.69, 9.17) is 9.47 Å². The molecule has 1 rings (SSSR count). The maximum atomic E-state index is 5.68. The lowest BCUT2D eigenvalue weighted by Gasteiger charge is -2.26. The van der Waals surface area contributed by atoms with Crippen molar-refractivity contribution < 1.29 is 9.47 Å². The van der Waals surface area contributed by atoms with Crippen LogP contribution in [0, 0.1) is 11.8 Å². The van der Waals surface area contributed by atoms with E-state index in [0.717, 1.165) is 26.1 Å². The summed E-state index contributed by atoms with van der Waals surface area (Å²) in [5.74, 6) is 1.31. The third kappa shape index (κ3) is 6.58. The highest BCUT2D eigenvalue weighted by Gasteiger charge is 2.20. The molecule has 2 nitrogen and oxygen atoms in total. The summed E-state index contributed by atoms with van der Waals surface area (Å²) in [6.45, 7) is 10.7. The van der Waals surface area contributed by atoms with E-state index in [2.05, 4.69) is 20.4 Å². The average molecular weight is 268 g/mol. The Morgan fingerprint density at radius 1 is 1.47 bits per heavy atom. The Balaban J connectivity index is 2.30. The normalized spacial score (nSPS) is 23.0. The van der Waals surface area contributed by atoms with Gasteiger partial charge in [0.1, 0.15) is 0 Å². The van der Waals surface area contributed by atoms with E-state index >= 15 is 0 Å². The fourth-order valence-electron chi connectivity index (χ4n) is 2.97. The summed E-state index contributed by atoms with van der Waals surface area (Å²) >= 11 is 0. The van der Waals surface area contributed by atoms with Gasteiger partial charge in [-0.15, -0.1) is 0 Å². The molecule has 0 amide bonds. The van der Waals surface area contributed by atoms with Gasteiger partial charge in [-0.25, -0.2) is 0 Å². The molecule has 0 spiro atoms. The molecule has 1 saturated heterocycles. The molecule has 0 N–H and O–H groups in total. The number of unbranched alkanes of at least 4 members (excludes halogenated alkanes) is 1. The zero-order valence-electron chi connectivity index (χ0n) is 13.1. The van der Waals surface area contributed by atoms with Gasteiger partial charge in [-0.1, -0.05) is 38.8 Å². The number of rotatable bonds is 9. The Hall–Kier alpha value is -0.340. The molecule has 1 fully saturated rings. The molecule has 0 aromatic heterocycles. The molecule has 112 valence electrons. The summed E-state index contributed by atoms with van der Waals surface area (Å²) in [6.07, 6.45) is 8.78. The fraction of sp³-hybridized carbons (Fsp3) is 0.882. The molecular weight excluding hydrogens is 236 g/mol. The van der Waals surface area contributed by atoms with Crippen LogP contribution in [0.2, 0.25) is 0 Å². The van der Waals surface area contributed by atoms with E-state index in [1.807, 2.05) is 7.11 Å². The topological polar surface area (TPSA) is 18.5 Å². The molecular formula is C17H32O2. The van der Waals surface area contributed by atoms with Crippen LogP contribution in [-0.2, 0) is 9.47 Å². The molecule has 0 aromatic rings. The maximum Gasteiger partial charge on any atom is 0.0633 e. The molecule has 3 atom stereocenters. The molecule has 0 unspecified atom stereocenters. The van der Waals surface area contributed by atoms with Gasteiger partial charge in [0.05, 0.1) is 6.10 Å². The number of ether oxygens (including phenoxy) is 2. The van der Waals surface area contributed by atoms with Crippen LogP contribution in [0.1, 0.15) is 58.8 Å². The molecule has 0 aromatic carbocycles. The highest BCUT2D eigenvalue weighted by Crippen LogP contribution is 2.26. The van der Waals surface area contributed by atoms with E-state index in [1.165, 1.54) is 37.7 Å². The van der Waals surface area contributed by atoms with Crippen molar-refractivity contribution in [2.24, 2.45) is 11.8 Å². The van der Waals surface area contributed by atoms with Gasteiger partial charge in [0.2, 0.25) is 0 Å². The lowest BCUT2D eigenvalue weighted by atomic mass is 9.88. The zero-order chi connectivity index (χ0) is 14.1. The van der Waals surface area contributed by atoms with Gasteiger partial charge in [-0.2, -0.15) is 0 Å². The standard InChI is InChI=1S/C17H32O2/c1-5-6-8-15(3)17(18-4)12-14(2)11-16-9-7-10-19-13-16/h15-17H,2,5-13H2,1,3-4H3/t15-,16-,17-/m0/s1. The lowest BCUT2D eigenvalue weighted by molar-refractivity contribution is 0.0449. The lowest BCUT2D eigenvalue weighted by Crippen LogP contribution is -2.23. The molecule has 0 bridgehead atoms. The molecule has 0 saturated carbocycles. The van der Waals surface area contributed by atoms with E-state index in [0.29, 0.717) is 17.9 Å². The van der Waals surface area contributed by atoms with Gasteiger partial charge in [0.25, 0.3) is 0 Å². The van der Waals surface area contributed by atoms with Crippen molar-refractivity contribution >= 4 is 0 Å². The smallest absolute Gasteiger partial charge is 0.0633 e. The van der Waals surface area contributed by atoms with Gasteiger partial charge in [0.15, 0.2) is 0 Å². The molecule has 19 heavy (non-hydrogen) atoms. The Morgan fingerprint density at radius 3 is 2.84 bits per heavy atom. The predicted octanol–water partition coefficient (Wildman–Crippen LogP) is 4.59. The summed E-state index contributed by atoms with van der Waals surface area (Å²) in [5.41, 5.74) is 1.34. The Labute approximate surface area is 119 Å². The maximum absolute atomic E-state index is 5.68. The first kappa shape index (κ1) is 16.7. The molecule has 1 aliphatic rings. The number of methoxy groups -OCH3 is 1. The van der Waals surface area contributed by atoms with E-state index < -0.39 is 0 Å². The largest absolute Gasteiger partial charge is 0.381 e. The Morgan fingerprint density at radius 2 is 2.26 bits per heavy atom. The van der Waals surface area contributed by atoms with Crippen molar-refractivity contribution in [2.45, 2.75) is 64.9 Å². The number of hydrogen-bond donors (Lipinski definition) is 0. The van der Waals surface area contributed by atoms with E-state index in [-0.39, 0.29) is 0 Å². The van der Waals surface area contributed by atoms with Gasteiger partial charge in [-0.05, 0) is 43.9 Å². The Kier molecular flexibility index (Phi) is 8.40. The summed E-state index contributed by atoms with van der Waals surface area (Å²) in [6, 6.07) is 0. The van der Waals surface area contributed by atoms with Crippen LogP contribution in [0.3, 0.4) is 0 Å². The molecule has 1 heterocycles. The minimum absolute atomic E-state index is 0.337. The van der Waals surface area contributed by atoms with Gasteiger partial charge in [-0.3, -0.25) is 0 Å². The number of hydrogen-bond acceptors (Lipinski definition) is 2. The second-order valence-corrected chi connectivity index (χ2v) is 6.14. The van der Waals surface area contributed by atoms with Crippen molar-refractivity contribution in [1.29, 1.82) is 0 Å². The molecule has 2 heteroatoms. The van der Waals surface area contributed by atoms with Crippen LogP contribution in [0.15, 0.2) is 12.2 Å². The summed E-state index contributed by atoms with van der Waals surface area (Å²) in [7, 11) is 1.84. The van der Waals surface area contributed by atoms with Crippen LogP contribution < -0.4 is 0 Å². The highest BCUT2D eigenvalue weighted by atomic mass is 16.5. The monoisotopic (exact) mass is 268 g/mol. The molecule has 0 aliphatic carbocycles. The van der Waals surface area contributed by atoms with Crippen LogP contribution in [0.4, 0.5) is 0 Å². The summed E-state index contributed by atoms with van der Waals surface area (Å²) < 4.78 is 11.2. The van der Waals surface area contributed by atoms with Crippen molar-refractivity contribution in [3.63, 3.8) is 0 Å². The third-order valence-corrected chi connectivity index (χ3v) is 4.27. The van der Waals surface area contributed by atoms with Gasteiger partial charge >= 0.3 is 0 Å². The molecule has 0 radical (unpaired) electrons. The second kappa shape index (κ2) is 9.55. The first-order valence-corrected chi connectivity index (χ1v) is 7.94. The SMILES string of the molecule is C=C(C[C@@H]1CCCOC1)C[C@H](OC)[C@@H](C)CCCC. The first-order chi connectivity index (χ1) is 9.17. The van der Waals surface area contributed by atoms with Crippen molar-refractivity contribution in [3.8, 4) is 0 Å². The molecule has 1 aliphatic heterocycles. The van der Waals surface area contributed by atoms with Crippen molar-refractivity contribution in [3.05, 3.63) is 12.2 Å². The fourth-order valence-corrected chi connectivity index (χ4v) is 2.97. The van der Waals surface area contributed by atoms with Gasteiger partial charge < -0.3 is 9.47 Å². The van der Waals surface area contributed by atoms with E-state index in [1.54, 1.807) is 0 Å². The van der Waals surface area contributed by atoms with Crippen molar-refractivity contribution in [1.82, 2.24) is 0 Å². The minimum atomic E-state index is 0.337. The van der Waals surface area contributed by atoms with E-state index in [9.17, 15) is 0 Å². The third-order valence-electron chi connectivity index (χ3n) is 4.27. The zero-order valence-corrected chi connectivity index (χ0v) is 13.1.